The molecule has 8 nitrogen and oxygen atoms in total. The van der Waals surface area contributed by atoms with Crippen LogP contribution in [0, 0.1) is 0 Å². The second-order valence-electron chi connectivity index (χ2n) is 14.8. The van der Waals surface area contributed by atoms with Gasteiger partial charge in [-0.05, 0) is 112 Å². The first-order chi connectivity index (χ1) is 23.8. The van der Waals surface area contributed by atoms with E-state index in [9.17, 15) is 9.59 Å². The molecule has 0 unspecified atom stereocenters. The molecule has 0 bridgehead atoms. The zero-order chi connectivity index (χ0) is 35.5. The molecule has 4 aromatic carbocycles. The number of carbonyl (C=O) groups excluding carboxylic acids is 2. The monoisotopic (exact) mass is 674 g/mol. The van der Waals surface area contributed by atoms with Crippen molar-refractivity contribution in [2.75, 3.05) is 27.2 Å². The maximum Gasteiger partial charge on any atom is 0.164 e. The highest BCUT2D eigenvalue weighted by Gasteiger charge is 2.37. The highest BCUT2D eigenvalue weighted by molar-refractivity contribution is 5.87. The Balaban J connectivity index is 0.949. The quantitative estimate of drug-likeness (QED) is 0.200. The Bertz CT molecular complexity index is 1630. The van der Waals surface area contributed by atoms with E-state index in [2.05, 4.69) is 86.9 Å². The van der Waals surface area contributed by atoms with Crippen molar-refractivity contribution in [3.05, 3.63) is 119 Å². The normalized spacial score (nSPS) is 20.8. The van der Waals surface area contributed by atoms with E-state index in [1.807, 2.05) is 72.4 Å². The molecule has 2 heterocycles. The van der Waals surface area contributed by atoms with Crippen LogP contribution in [0.4, 0.5) is 0 Å². The predicted molar refractivity (Wildman–Crippen MR) is 198 cm³/mol. The van der Waals surface area contributed by atoms with Crippen LogP contribution in [0.3, 0.4) is 0 Å². The van der Waals surface area contributed by atoms with Gasteiger partial charge in [-0.1, -0.05) is 72.8 Å². The van der Waals surface area contributed by atoms with E-state index < -0.39 is 0 Å². The summed E-state index contributed by atoms with van der Waals surface area (Å²) >= 11 is 0. The minimum absolute atomic E-state index is 0.181. The lowest BCUT2D eigenvalue weighted by atomic mass is 9.96. The van der Waals surface area contributed by atoms with Crippen LogP contribution in [0.5, 0.6) is 11.5 Å². The van der Waals surface area contributed by atoms with Gasteiger partial charge in [0.1, 0.15) is 24.7 Å². The fourth-order valence-electron chi connectivity index (χ4n) is 6.48. The minimum Gasteiger partial charge on any atom is -0.489 e. The van der Waals surface area contributed by atoms with Crippen LogP contribution >= 0.6 is 0 Å². The van der Waals surface area contributed by atoms with Crippen LogP contribution < -0.4 is 20.1 Å². The smallest absolute Gasteiger partial charge is 0.164 e. The van der Waals surface area contributed by atoms with Gasteiger partial charge in [-0.15, -0.1) is 0 Å². The summed E-state index contributed by atoms with van der Waals surface area (Å²) in [6.45, 7) is 10.3. The third kappa shape index (κ3) is 8.68. The number of nitrogens with zero attached hydrogens (tertiary/aromatic N) is 2. The molecule has 0 aromatic heterocycles. The summed E-state index contributed by atoms with van der Waals surface area (Å²) in [7, 11) is 3.94. The van der Waals surface area contributed by atoms with Crippen molar-refractivity contribution >= 4 is 11.6 Å². The van der Waals surface area contributed by atoms with Gasteiger partial charge in [0.25, 0.3) is 0 Å². The molecular weight excluding hydrogens is 624 g/mol. The summed E-state index contributed by atoms with van der Waals surface area (Å²) in [5.74, 6) is 2.06. The Morgan fingerprint density at radius 2 is 0.860 bits per heavy atom. The molecule has 2 atom stereocenters. The van der Waals surface area contributed by atoms with Crippen molar-refractivity contribution < 1.29 is 19.1 Å². The first kappa shape index (κ1) is 35.5. The van der Waals surface area contributed by atoms with Gasteiger partial charge in [0.2, 0.25) is 0 Å². The fourth-order valence-corrected chi connectivity index (χ4v) is 6.48. The number of Topliss-reactive ketones (excluding diaryl/α,β-unsaturated/α-hetero) is 2. The van der Waals surface area contributed by atoms with Crippen molar-refractivity contribution in [2.24, 2.45) is 0 Å². The van der Waals surface area contributed by atoms with Gasteiger partial charge in [0, 0.05) is 0 Å². The van der Waals surface area contributed by atoms with E-state index in [0.29, 0.717) is 39.1 Å². The molecule has 0 saturated carbocycles. The molecule has 0 aliphatic carbocycles. The molecule has 2 saturated heterocycles. The van der Waals surface area contributed by atoms with Crippen LogP contribution in [0.2, 0.25) is 0 Å². The fraction of sp³-hybridized carbons (Fsp3) is 0.381. The number of ketones is 2. The number of likely N-dealkylation sites (N-methyl/N-ethyl adjacent to an activating group) is 2. The van der Waals surface area contributed by atoms with Crippen molar-refractivity contribution in [2.45, 2.75) is 77.2 Å². The van der Waals surface area contributed by atoms with Gasteiger partial charge in [-0.25, -0.2) is 0 Å². The summed E-state index contributed by atoms with van der Waals surface area (Å²) in [4.78, 5) is 29.2. The van der Waals surface area contributed by atoms with Gasteiger partial charge in [-0.2, -0.15) is 0 Å². The van der Waals surface area contributed by atoms with E-state index in [-0.39, 0.29) is 35.0 Å². The number of carbonyl (C=O) groups is 2. The average Bonchev–Trinajstić information content (AvgIpc) is 3.09. The molecule has 2 aliphatic heterocycles. The van der Waals surface area contributed by atoms with Crippen LogP contribution in [-0.2, 0) is 35.6 Å². The summed E-state index contributed by atoms with van der Waals surface area (Å²) in [6.07, 6.45) is 1.33. The van der Waals surface area contributed by atoms with Gasteiger partial charge < -0.3 is 9.47 Å². The lowest BCUT2D eigenvalue weighted by Crippen LogP contribution is -2.65. The largest absolute Gasteiger partial charge is 0.489 e. The number of ether oxygens (including phenoxy) is 2. The maximum atomic E-state index is 12.6. The lowest BCUT2D eigenvalue weighted by molar-refractivity contribution is -0.129. The Morgan fingerprint density at radius 1 is 0.540 bits per heavy atom. The van der Waals surface area contributed by atoms with Gasteiger partial charge in [0.05, 0.1) is 36.5 Å². The van der Waals surface area contributed by atoms with Crippen molar-refractivity contribution in [1.29, 1.82) is 0 Å². The SMILES string of the molecule is CN1CC(=O)[C@H](Cc2ccc(OCc3ccc(-c4ccc(COc5ccc(C[C@@H]6NC(C)(C)N(C)CC6=O)cc5)cc4)cc3)cc2)NC1(C)C. The molecule has 8 heteroatoms. The molecule has 50 heavy (non-hydrogen) atoms. The first-order valence-corrected chi connectivity index (χ1v) is 17.5. The van der Waals surface area contributed by atoms with Gasteiger partial charge in [0.15, 0.2) is 11.6 Å². The van der Waals surface area contributed by atoms with E-state index in [1.165, 1.54) is 0 Å². The summed E-state index contributed by atoms with van der Waals surface area (Å²) < 4.78 is 12.1. The Kier molecular flexibility index (Phi) is 10.6. The summed E-state index contributed by atoms with van der Waals surface area (Å²) in [5, 5.41) is 6.95. The molecule has 2 N–H and O–H groups in total. The Hall–Kier alpha value is -4.34. The Morgan fingerprint density at radius 3 is 1.20 bits per heavy atom. The van der Waals surface area contributed by atoms with Gasteiger partial charge in [-0.3, -0.25) is 30.0 Å². The second-order valence-corrected chi connectivity index (χ2v) is 14.8. The number of benzene rings is 4. The highest BCUT2D eigenvalue weighted by Crippen LogP contribution is 2.24. The Labute approximate surface area is 296 Å². The third-order valence-corrected chi connectivity index (χ3v) is 10.3. The topological polar surface area (TPSA) is 83.1 Å². The van der Waals surface area contributed by atoms with E-state index in [1.54, 1.807) is 0 Å². The molecule has 4 aromatic rings. The van der Waals surface area contributed by atoms with E-state index >= 15 is 0 Å². The minimum atomic E-state index is -0.210. The number of hydrogen-bond donors (Lipinski definition) is 2. The zero-order valence-electron chi connectivity index (χ0n) is 30.2. The molecule has 0 amide bonds. The number of nitrogens with one attached hydrogen (secondary N) is 2. The zero-order valence-corrected chi connectivity index (χ0v) is 30.2. The van der Waals surface area contributed by atoms with Crippen molar-refractivity contribution in [1.82, 2.24) is 20.4 Å². The predicted octanol–water partition coefficient (Wildman–Crippen LogP) is 6.01. The van der Waals surface area contributed by atoms with Crippen molar-refractivity contribution in [3.8, 4) is 22.6 Å². The average molecular weight is 675 g/mol. The summed E-state index contributed by atoms with van der Waals surface area (Å²) in [6, 6.07) is 32.6. The third-order valence-electron chi connectivity index (χ3n) is 10.3. The lowest BCUT2D eigenvalue weighted by Gasteiger charge is -2.43. The van der Waals surface area contributed by atoms with Crippen LogP contribution in [-0.4, -0.2) is 72.0 Å². The number of hydrogen-bond acceptors (Lipinski definition) is 8. The van der Waals surface area contributed by atoms with Crippen LogP contribution in [0.25, 0.3) is 11.1 Å². The maximum absolute atomic E-state index is 12.6. The standard InChI is InChI=1S/C42H50N4O4/c1-41(2)43-37(39(47)25-45(41)5)23-29-11-19-35(20-12-29)49-27-31-7-15-33(16-8-31)34-17-9-32(10-18-34)28-50-36-21-13-30(14-22-36)24-38-40(48)26-46(6)42(3,4)44-38/h7-22,37-38,43-44H,23-28H2,1-6H3/t37-,38-/m0/s1. The number of rotatable bonds is 11. The highest BCUT2D eigenvalue weighted by atomic mass is 16.5. The molecule has 262 valence electrons. The second kappa shape index (κ2) is 14.9. The molecule has 0 spiro atoms. The molecule has 6 rings (SSSR count). The molecule has 0 radical (unpaired) electrons. The summed E-state index contributed by atoms with van der Waals surface area (Å²) in [5.41, 5.74) is 6.27. The van der Waals surface area contributed by atoms with Gasteiger partial charge >= 0.3 is 0 Å². The van der Waals surface area contributed by atoms with Crippen LogP contribution in [0.15, 0.2) is 97.1 Å². The van der Waals surface area contributed by atoms with Crippen LogP contribution in [0.1, 0.15) is 49.9 Å². The molecule has 2 fully saturated rings. The molecular formula is C42H50N4O4. The van der Waals surface area contributed by atoms with Crippen molar-refractivity contribution in [3.63, 3.8) is 0 Å². The van der Waals surface area contributed by atoms with E-state index in [4.69, 9.17) is 9.47 Å². The molecule has 2 aliphatic rings. The van der Waals surface area contributed by atoms with E-state index in [0.717, 1.165) is 44.9 Å². The first-order valence-electron chi connectivity index (χ1n) is 17.5.